The average Bonchev–Trinajstić information content (AvgIpc) is 3.23. The lowest BCUT2D eigenvalue weighted by Gasteiger charge is -2.36. The van der Waals surface area contributed by atoms with Gasteiger partial charge in [-0.3, -0.25) is 14.5 Å². The number of carbonyl (C=O) groups is 2. The van der Waals surface area contributed by atoms with Crippen molar-refractivity contribution in [3.8, 4) is 5.75 Å². The second kappa shape index (κ2) is 9.21. The van der Waals surface area contributed by atoms with Crippen molar-refractivity contribution in [2.75, 3.05) is 26.2 Å². The van der Waals surface area contributed by atoms with Crippen molar-refractivity contribution < 1.29 is 31.9 Å². The summed E-state index contributed by atoms with van der Waals surface area (Å²) in [6, 6.07) is 6.60. The van der Waals surface area contributed by atoms with Crippen molar-refractivity contribution in [3.05, 3.63) is 54.0 Å². The number of benzene rings is 1. The lowest BCUT2D eigenvalue weighted by atomic mass is 10.1. The number of hydrogen-bond acceptors (Lipinski definition) is 5. The minimum atomic E-state index is -4.71. The topological polar surface area (TPSA) is 75.0 Å². The minimum absolute atomic E-state index is 0.167. The normalized spacial score (nSPS) is 16.2. The molecule has 1 aromatic carbocycles. The molecule has 0 aliphatic carbocycles. The molecule has 0 bridgehead atoms. The molecular formula is C20H22F3N3O4. The summed E-state index contributed by atoms with van der Waals surface area (Å²) in [5.41, 5.74) is 1.20. The number of amides is 2. The molecule has 1 aliphatic rings. The van der Waals surface area contributed by atoms with E-state index in [0.717, 1.165) is 5.56 Å². The Labute approximate surface area is 171 Å². The van der Waals surface area contributed by atoms with E-state index in [0.29, 0.717) is 38.3 Å². The highest BCUT2D eigenvalue weighted by Gasteiger charge is 2.31. The zero-order valence-corrected chi connectivity index (χ0v) is 16.3. The van der Waals surface area contributed by atoms with Gasteiger partial charge in [-0.2, -0.15) is 0 Å². The predicted molar refractivity (Wildman–Crippen MR) is 101 cm³/mol. The lowest BCUT2D eigenvalue weighted by molar-refractivity contribution is -0.274. The van der Waals surface area contributed by atoms with E-state index in [4.69, 9.17) is 4.42 Å². The number of nitrogens with one attached hydrogen (secondary N) is 1. The Hall–Kier alpha value is -3.01. The zero-order valence-electron chi connectivity index (χ0n) is 16.3. The Kier molecular flexibility index (Phi) is 6.66. The highest BCUT2D eigenvalue weighted by molar-refractivity contribution is 5.97. The summed E-state index contributed by atoms with van der Waals surface area (Å²) >= 11 is 0. The van der Waals surface area contributed by atoms with Crippen LogP contribution in [-0.4, -0.2) is 60.2 Å². The molecule has 0 saturated carbocycles. The van der Waals surface area contributed by atoms with Crippen molar-refractivity contribution in [2.45, 2.75) is 25.9 Å². The number of alkyl halides is 3. The maximum atomic E-state index is 12.6. The molecule has 7 nitrogen and oxygen atoms in total. The fourth-order valence-electron chi connectivity index (χ4n) is 3.19. The van der Waals surface area contributed by atoms with E-state index >= 15 is 0 Å². The Morgan fingerprint density at radius 2 is 1.80 bits per heavy atom. The summed E-state index contributed by atoms with van der Waals surface area (Å²) in [5.74, 6) is -0.797. The van der Waals surface area contributed by atoms with Gasteiger partial charge in [-0.15, -0.1) is 13.2 Å². The van der Waals surface area contributed by atoms with Gasteiger partial charge < -0.3 is 19.4 Å². The third-order valence-corrected chi connectivity index (χ3v) is 4.75. The van der Waals surface area contributed by atoms with Crippen LogP contribution in [-0.2, 0) is 11.3 Å². The van der Waals surface area contributed by atoms with E-state index < -0.39 is 12.4 Å². The second-order valence-electron chi connectivity index (χ2n) is 7.00. The summed E-state index contributed by atoms with van der Waals surface area (Å²) in [6.45, 7) is 4.43. The molecule has 0 spiro atoms. The van der Waals surface area contributed by atoms with Crippen LogP contribution in [0.4, 0.5) is 13.2 Å². The maximum Gasteiger partial charge on any atom is 0.573 e. The first kappa shape index (κ1) is 21.7. The van der Waals surface area contributed by atoms with Gasteiger partial charge in [0, 0.05) is 32.7 Å². The van der Waals surface area contributed by atoms with Gasteiger partial charge in [-0.05, 0) is 30.7 Å². The number of hydrogen-bond donors (Lipinski definition) is 1. The molecule has 2 heterocycles. The number of ether oxygens (including phenoxy) is 1. The number of furan rings is 1. The minimum Gasteiger partial charge on any atom is -0.472 e. The van der Waals surface area contributed by atoms with Crippen LogP contribution in [0.3, 0.4) is 0 Å². The van der Waals surface area contributed by atoms with Crippen molar-refractivity contribution in [1.82, 2.24) is 15.1 Å². The highest BCUT2D eigenvalue weighted by atomic mass is 19.4. The SMILES string of the molecule is CC(NC(=O)c1ccoc1)C(=O)N1CCN(Cc2ccc(OC(F)(F)F)cc2)CC1. The summed E-state index contributed by atoms with van der Waals surface area (Å²) in [4.78, 5) is 28.4. The van der Waals surface area contributed by atoms with Crippen molar-refractivity contribution in [2.24, 2.45) is 0 Å². The van der Waals surface area contributed by atoms with Gasteiger partial charge in [0.1, 0.15) is 18.1 Å². The van der Waals surface area contributed by atoms with Gasteiger partial charge >= 0.3 is 6.36 Å². The largest absolute Gasteiger partial charge is 0.573 e. The molecule has 1 saturated heterocycles. The molecule has 1 N–H and O–H groups in total. The van der Waals surface area contributed by atoms with E-state index in [1.807, 2.05) is 0 Å². The zero-order chi connectivity index (χ0) is 21.7. The molecule has 30 heavy (non-hydrogen) atoms. The third-order valence-electron chi connectivity index (χ3n) is 4.75. The van der Waals surface area contributed by atoms with Gasteiger partial charge in [0.2, 0.25) is 5.91 Å². The molecule has 2 amide bonds. The third kappa shape index (κ3) is 5.99. The number of halogens is 3. The molecule has 1 atom stereocenters. The van der Waals surface area contributed by atoms with E-state index in [-0.39, 0.29) is 17.6 Å². The van der Waals surface area contributed by atoms with Crippen molar-refractivity contribution in [1.29, 1.82) is 0 Å². The van der Waals surface area contributed by atoms with Crippen molar-refractivity contribution >= 4 is 11.8 Å². The van der Waals surface area contributed by atoms with Crippen LogP contribution >= 0.6 is 0 Å². The van der Waals surface area contributed by atoms with Crippen LogP contribution in [0.5, 0.6) is 5.75 Å². The molecule has 10 heteroatoms. The summed E-state index contributed by atoms with van der Waals surface area (Å²) in [5, 5.41) is 2.66. The quantitative estimate of drug-likeness (QED) is 0.770. The summed E-state index contributed by atoms with van der Waals surface area (Å²) in [6.07, 6.45) is -2.01. The van der Waals surface area contributed by atoms with Crippen LogP contribution in [0.1, 0.15) is 22.8 Å². The smallest absolute Gasteiger partial charge is 0.472 e. The molecule has 162 valence electrons. The Morgan fingerprint density at radius 3 is 2.37 bits per heavy atom. The number of piperazine rings is 1. The highest BCUT2D eigenvalue weighted by Crippen LogP contribution is 2.23. The number of rotatable bonds is 6. The number of nitrogens with zero attached hydrogens (tertiary/aromatic N) is 2. The molecular weight excluding hydrogens is 403 g/mol. The number of carbonyl (C=O) groups excluding carboxylic acids is 2. The second-order valence-corrected chi connectivity index (χ2v) is 7.00. The fraction of sp³-hybridized carbons (Fsp3) is 0.400. The van der Waals surface area contributed by atoms with Gasteiger partial charge in [0.05, 0.1) is 11.8 Å². The molecule has 0 radical (unpaired) electrons. The first-order valence-electron chi connectivity index (χ1n) is 9.40. The molecule has 1 unspecified atom stereocenters. The van der Waals surface area contributed by atoms with Crippen LogP contribution < -0.4 is 10.1 Å². The molecule has 1 aromatic heterocycles. The van der Waals surface area contributed by atoms with E-state index in [2.05, 4.69) is 15.0 Å². The molecule has 1 aliphatic heterocycles. The van der Waals surface area contributed by atoms with Gasteiger partial charge in [-0.1, -0.05) is 12.1 Å². The fourth-order valence-corrected chi connectivity index (χ4v) is 3.19. The molecule has 1 fully saturated rings. The van der Waals surface area contributed by atoms with E-state index in [9.17, 15) is 22.8 Å². The monoisotopic (exact) mass is 425 g/mol. The Morgan fingerprint density at radius 1 is 1.13 bits per heavy atom. The molecule has 3 rings (SSSR count). The van der Waals surface area contributed by atoms with Gasteiger partial charge in [-0.25, -0.2) is 0 Å². The van der Waals surface area contributed by atoms with Crippen LogP contribution in [0.15, 0.2) is 47.3 Å². The van der Waals surface area contributed by atoms with Crippen LogP contribution in [0.2, 0.25) is 0 Å². The van der Waals surface area contributed by atoms with Crippen molar-refractivity contribution in [3.63, 3.8) is 0 Å². The van der Waals surface area contributed by atoms with E-state index in [1.165, 1.54) is 30.7 Å². The summed E-state index contributed by atoms with van der Waals surface area (Å²) < 4.78 is 45.4. The molecule has 2 aromatic rings. The van der Waals surface area contributed by atoms with E-state index in [1.54, 1.807) is 24.0 Å². The Bertz CT molecular complexity index is 845. The van der Waals surface area contributed by atoms with Gasteiger partial charge in [0.15, 0.2) is 0 Å². The average molecular weight is 425 g/mol. The Balaban J connectivity index is 1.45. The maximum absolute atomic E-state index is 12.6. The van der Waals surface area contributed by atoms with Gasteiger partial charge in [0.25, 0.3) is 5.91 Å². The standard InChI is InChI=1S/C20H22F3N3O4/c1-14(24-18(27)16-6-11-29-13-16)19(28)26-9-7-25(8-10-26)12-15-2-4-17(5-3-15)30-20(21,22)23/h2-6,11,13-14H,7-10,12H2,1H3,(H,24,27). The first-order chi connectivity index (χ1) is 14.2. The predicted octanol–water partition coefficient (Wildman–Crippen LogP) is 2.64. The van der Waals surface area contributed by atoms with Crippen LogP contribution in [0, 0.1) is 0 Å². The lowest BCUT2D eigenvalue weighted by Crippen LogP contribution is -2.53. The summed E-state index contributed by atoms with van der Waals surface area (Å²) in [7, 11) is 0. The van der Waals surface area contributed by atoms with Crippen LogP contribution in [0.25, 0.3) is 0 Å². The first-order valence-corrected chi connectivity index (χ1v) is 9.40.